The summed E-state index contributed by atoms with van der Waals surface area (Å²) in [5.74, 6) is -0.183. The van der Waals surface area contributed by atoms with Crippen molar-refractivity contribution in [2.45, 2.75) is 51.9 Å². The molecule has 2 rings (SSSR count). The first-order chi connectivity index (χ1) is 9.94. The van der Waals surface area contributed by atoms with Gasteiger partial charge in [0.15, 0.2) is 0 Å². The fourth-order valence-electron chi connectivity index (χ4n) is 2.66. The van der Waals surface area contributed by atoms with Crippen LogP contribution in [0.4, 0.5) is 11.4 Å². The van der Waals surface area contributed by atoms with Crippen molar-refractivity contribution in [3.8, 4) is 0 Å². The first-order valence-corrected chi connectivity index (χ1v) is 7.37. The molecular weight excluding hydrogens is 268 g/mol. The third-order valence-electron chi connectivity index (χ3n) is 3.59. The molecule has 0 bridgehead atoms. The van der Waals surface area contributed by atoms with Gasteiger partial charge >= 0.3 is 0 Å². The smallest absolute Gasteiger partial charge is 0.250 e. The van der Waals surface area contributed by atoms with Crippen molar-refractivity contribution < 1.29 is 14.3 Å². The van der Waals surface area contributed by atoms with Crippen molar-refractivity contribution in [1.29, 1.82) is 0 Å². The molecule has 2 atom stereocenters. The van der Waals surface area contributed by atoms with Crippen molar-refractivity contribution >= 4 is 17.3 Å². The van der Waals surface area contributed by atoms with E-state index in [9.17, 15) is 4.79 Å². The summed E-state index contributed by atoms with van der Waals surface area (Å²) in [7, 11) is 0. The Morgan fingerprint density at radius 3 is 2.67 bits per heavy atom. The molecule has 1 aromatic carbocycles. The number of hydrogen-bond donors (Lipinski definition) is 2. The monoisotopic (exact) mass is 292 g/mol. The molecule has 0 aliphatic carbocycles. The van der Waals surface area contributed by atoms with Gasteiger partial charge in [0.05, 0.1) is 29.7 Å². The summed E-state index contributed by atoms with van der Waals surface area (Å²) in [4.78, 5) is 11.9. The fourth-order valence-corrected chi connectivity index (χ4v) is 2.66. The van der Waals surface area contributed by atoms with E-state index < -0.39 is 0 Å². The quantitative estimate of drug-likeness (QED) is 0.836. The van der Waals surface area contributed by atoms with E-state index in [1.807, 2.05) is 32.9 Å². The maximum absolute atomic E-state index is 11.9. The van der Waals surface area contributed by atoms with Gasteiger partial charge in [0.1, 0.15) is 6.61 Å². The van der Waals surface area contributed by atoms with Gasteiger partial charge in [0.2, 0.25) is 5.91 Å². The van der Waals surface area contributed by atoms with Crippen LogP contribution in [0, 0.1) is 6.92 Å². The SMILES string of the molecule is Cc1ccc(NC(=O)COC2CC(C)OC(C)C2)c(N)c1. The van der Waals surface area contributed by atoms with E-state index in [4.69, 9.17) is 15.2 Å². The lowest BCUT2D eigenvalue weighted by molar-refractivity contribution is -0.131. The second kappa shape index (κ2) is 6.91. The summed E-state index contributed by atoms with van der Waals surface area (Å²) in [5.41, 5.74) is 8.13. The number of anilines is 2. The average molecular weight is 292 g/mol. The zero-order valence-electron chi connectivity index (χ0n) is 12.9. The minimum absolute atomic E-state index is 0.0391. The van der Waals surface area contributed by atoms with Crippen molar-refractivity contribution in [1.82, 2.24) is 0 Å². The van der Waals surface area contributed by atoms with Crippen LogP contribution in [0.3, 0.4) is 0 Å². The highest BCUT2D eigenvalue weighted by Crippen LogP contribution is 2.22. The number of aryl methyl sites for hydroxylation is 1. The van der Waals surface area contributed by atoms with Gasteiger partial charge in [-0.05, 0) is 51.3 Å². The number of nitrogen functional groups attached to an aromatic ring is 1. The normalized spacial score (nSPS) is 25.6. The van der Waals surface area contributed by atoms with E-state index in [0.717, 1.165) is 18.4 Å². The molecule has 1 heterocycles. The van der Waals surface area contributed by atoms with E-state index in [0.29, 0.717) is 11.4 Å². The molecule has 1 aliphatic rings. The minimum atomic E-state index is -0.183. The highest BCUT2D eigenvalue weighted by molar-refractivity contribution is 5.94. The molecule has 0 aromatic heterocycles. The average Bonchev–Trinajstić information content (AvgIpc) is 2.39. The topological polar surface area (TPSA) is 73.6 Å². The maximum atomic E-state index is 11.9. The van der Waals surface area contributed by atoms with Crippen molar-refractivity contribution in [2.75, 3.05) is 17.7 Å². The Bertz CT molecular complexity index is 494. The van der Waals surface area contributed by atoms with Gasteiger partial charge in [0.25, 0.3) is 0 Å². The van der Waals surface area contributed by atoms with Gasteiger partial charge in [-0.3, -0.25) is 4.79 Å². The molecule has 1 fully saturated rings. The lowest BCUT2D eigenvalue weighted by Crippen LogP contribution is -2.35. The van der Waals surface area contributed by atoms with Crippen LogP contribution in [-0.2, 0) is 14.3 Å². The molecule has 0 saturated carbocycles. The van der Waals surface area contributed by atoms with E-state index in [1.54, 1.807) is 6.07 Å². The number of nitrogens with one attached hydrogen (secondary N) is 1. The number of ether oxygens (including phenoxy) is 2. The predicted octanol–water partition coefficient (Wildman–Crippen LogP) is 2.49. The summed E-state index contributed by atoms with van der Waals surface area (Å²) in [6, 6.07) is 5.55. The molecule has 0 radical (unpaired) electrons. The van der Waals surface area contributed by atoms with Crippen LogP contribution in [-0.4, -0.2) is 30.8 Å². The highest BCUT2D eigenvalue weighted by atomic mass is 16.5. The standard InChI is InChI=1S/C16H24N2O3/c1-10-4-5-15(14(17)6-10)18-16(19)9-20-13-7-11(2)21-12(3)8-13/h4-6,11-13H,7-9,17H2,1-3H3,(H,18,19). The summed E-state index contributed by atoms with van der Waals surface area (Å²) in [5, 5.41) is 2.78. The molecule has 21 heavy (non-hydrogen) atoms. The van der Waals surface area contributed by atoms with Gasteiger partial charge in [-0.15, -0.1) is 0 Å². The number of benzene rings is 1. The largest absolute Gasteiger partial charge is 0.397 e. The van der Waals surface area contributed by atoms with Gasteiger partial charge in [-0.2, -0.15) is 0 Å². The summed E-state index contributed by atoms with van der Waals surface area (Å²) in [6.45, 7) is 6.05. The first-order valence-electron chi connectivity index (χ1n) is 7.37. The number of nitrogens with two attached hydrogens (primary N) is 1. The molecule has 3 N–H and O–H groups in total. The van der Waals surface area contributed by atoms with Crippen LogP contribution in [0.15, 0.2) is 18.2 Å². The molecular formula is C16H24N2O3. The number of carbonyl (C=O) groups excluding carboxylic acids is 1. The Balaban J connectivity index is 1.82. The molecule has 1 amide bonds. The van der Waals surface area contributed by atoms with Gasteiger partial charge in [-0.25, -0.2) is 0 Å². The van der Waals surface area contributed by atoms with E-state index in [2.05, 4.69) is 5.32 Å². The molecule has 1 saturated heterocycles. The minimum Gasteiger partial charge on any atom is -0.397 e. The van der Waals surface area contributed by atoms with Gasteiger partial charge in [0, 0.05) is 0 Å². The Labute approximate surface area is 125 Å². The summed E-state index contributed by atoms with van der Waals surface area (Å²) in [6.07, 6.45) is 2.07. The third-order valence-corrected chi connectivity index (χ3v) is 3.59. The molecule has 116 valence electrons. The Morgan fingerprint density at radius 2 is 2.05 bits per heavy atom. The number of carbonyl (C=O) groups is 1. The van der Waals surface area contributed by atoms with E-state index >= 15 is 0 Å². The third kappa shape index (κ3) is 4.72. The van der Waals surface area contributed by atoms with E-state index in [1.165, 1.54) is 0 Å². The number of amides is 1. The summed E-state index contributed by atoms with van der Waals surface area (Å²) >= 11 is 0. The maximum Gasteiger partial charge on any atom is 0.250 e. The van der Waals surface area contributed by atoms with Crippen molar-refractivity contribution in [3.05, 3.63) is 23.8 Å². The second-order valence-corrected chi connectivity index (χ2v) is 5.80. The van der Waals surface area contributed by atoms with Crippen molar-refractivity contribution in [2.24, 2.45) is 0 Å². The zero-order valence-corrected chi connectivity index (χ0v) is 12.9. The van der Waals surface area contributed by atoms with E-state index in [-0.39, 0.29) is 30.8 Å². The van der Waals surface area contributed by atoms with Crippen molar-refractivity contribution in [3.63, 3.8) is 0 Å². The summed E-state index contributed by atoms with van der Waals surface area (Å²) < 4.78 is 11.3. The highest BCUT2D eigenvalue weighted by Gasteiger charge is 2.25. The van der Waals surface area contributed by atoms with Crippen LogP contribution >= 0.6 is 0 Å². The zero-order chi connectivity index (χ0) is 15.4. The van der Waals surface area contributed by atoms with Crippen LogP contribution in [0.2, 0.25) is 0 Å². The van der Waals surface area contributed by atoms with Crippen LogP contribution in [0.25, 0.3) is 0 Å². The molecule has 1 aliphatic heterocycles. The molecule has 2 unspecified atom stereocenters. The molecule has 5 heteroatoms. The van der Waals surface area contributed by atoms with Crippen LogP contribution in [0.1, 0.15) is 32.3 Å². The Morgan fingerprint density at radius 1 is 1.38 bits per heavy atom. The number of rotatable bonds is 4. The fraction of sp³-hybridized carbons (Fsp3) is 0.562. The predicted molar refractivity (Wildman–Crippen MR) is 83.2 cm³/mol. The second-order valence-electron chi connectivity index (χ2n) is 5.80. The van der Waals surface area contributed by atoms with Crippen LogP contribution in [0.5, 0.6) is 0 Å². The molecule has 5 nitrogen and oxygen atoms in total. The number of hydrogen-bond acceptors (Lipinski definition) is 4. The van der Waals surface area contributed by atoms with Gasteiger partial charge in [-0.1, -0.05) is 6.07 Å². The molecule has 1 aromatic rings. The molecule has 0 spiro atoms. The lowest BCUT2D eigenvalue weighted by Gasteiger charge is -2.31. The first kappa shape index (κ1) is 15.8. The van der Waals surface area contributed by atoms with Gasteiger partial charge < -0.3 is 20.5 Å². The Hall–Kier alpha value is -1.59. The Kier molecular flexibility index (Phi) is 5.20. The lowest BCUT2D eigenvalue weighted by atomic mass is 10.0. The van der Waals surface area contributed by atoms with Crippen LogP contribution < -0.4 is 11.1 Å².